The lowest BCUT2D eigenvalue weighted by molar-refractivity contribution is -0.192. The highest BCUT2D eigenvalue weighted by atomic mass is 19.4. The summed E-state index contributed by atoms with van der Waals surface area (Å²) < 4.78 is 37.7. The maximum atomic E-state index is 13.0. The molecule has 9 nitrogen and oxygen atoms in total. The number of carbonyl (C=O) groups is 2. The topological polar surface area (TPSA) is 133 Å². The van der Waals surface area contributed by atoms with E-state index in [2.05, 4.69) is 10.3 Å². The summed E-state index contributed by atoms with van der Waals surface area (Å²) in [6.07, 6.45) is -5.08. The molecule has 0 bridgehead atoms. The van der Waals surface area contributed by atoms with E-state index in [1.807, 2.05) is 12.1 Å². The van der Waals surface area contributed by atoms with E-state index in [1.165, 1.54) is 12.1 Å². The molecule has 2 aromatic carbocycles. The quantitative estimate of drug-likeness (QED) is 0.275. The molecule has 2 heterocycles. The van der Waals surface area contributed by atoms with Crippen molar-refractivity contribution in [3.63, 3.8) is 0 Å². The Balaban J connectivity index is 0.000000364. The van der Waals surface area contributed by atoms with Gasteiger partial charge >= 0.3 is 12.1 Å². The van der Waals surface area contributed by atoms with Gasteiger partial charge in [0.2, 0.25) is 0 Å². The van der Waals surface area contributed by atoms with Crippen LogP contribution < -0.4 is 10.7 Å². The average Bonchev–Trinajstić information content (AvgIpc) is 2.83. The molecule has 0 aromatic heterocycles. The molecule has 0 spiro atoms. The number of rotatable bonds is 1. The lowest BCUT2D eigenvalue weighted by atomic mass is 10.0. The summed E-state index contributed by atoms with van der Waals surface area (Å²) in [5, 5.41) is 22.0. The molecule has 1 saturated heterocycles. The number of hydrogen-bond acceptors (Lipinski definition) is 7. The SMILES string of the molecule is O=C(O)C(F)(F)F.O=C(c1c(O)ccc2nc3c4ccccc4c(=O)cc-3oc12)N1CCNCC1. The highest BCUT2D eigenvalue weighted by Crippen LogP contribution is 2.34. The lowest BCUT2D eigenvalue weighted by Crippen LogP contribution is -2.46. The number of carboxylic acids is 1. The number of fused-ring (bicyclic) bond motifs is 4. The van der Waals surface area contributed by atoms with Crippen molar-refractivity contribution in [2.24, 2.45) is 0 Å². The zero-order chi connectivity index (χ0) is 25.3. The number of phenols is 1. The van der Waals surface area contributed by atoms with E-state index in [0.717, 1.165) is 0 Å². The molecule has 3 N–H and O–H groups in total. The molecule has 12 heteroatoms. The van der Waals surface area contributed by atoms with Crippen molar-refractivity contribution in [1.29, 1.82) is 0 Å². The van der Waals surface area contributed by atoms with E-state index in [9.17, 15) is 27.9 Å². The summed E-state index contributed by atoms with van der Waals surface area (Å²) in [6, 6.07) is 11.7. The van der Waals surface area contributed by atoms with Gasteiger partial charge in [0.25, 0.3) is 5.91 Å². The standard InChI is InChI=1S/C21H17N3O4.C2HF3O2/c25-15-6-5-14-20(18(15)21(27)24-9-7-22-8-10-24)28-17-11-16(26)12-3-1-2-4-13(12)19(17)23-14;3-2(4,5)1(6)7/h1-6,11,22,25H,7-10H2;(H,6,7). The fourth-order valence-electron chi connectivity index (χ4n) is 3.71. The maximum absolute atomic E-state index is 13.0. The highest BCUT2D eigenvalue weighted by Gasteiger charge is 2.38. The molecule has 1 aliphatic carbocycles. The molecule has 0 radical (unpaired) electrons. The number of aromatic hydroxyl groups is 1. The number of halogens is 3. The van der Waals surface area contributed by atoms with Crippen LogP contribution in [-0.2, 0) is 4.79 Å². The molecule has 1 fully saturated rings. The normalized spacial score (nSPS) is 14.1. The van der Waals surface area contributed by atoms with Crippen LogP contribution in [0.3, 0.4) is 0 Å². The molecule has 5 rings (SSSR count). The number of alkyl halides is 3. The number of piperazine rings is 1. The molecule has 1 amide bonds. The third-order valence-corrected chi connectivity index (χ3v) is 5.36. The zero-order valence-corrected chi connectivity index (χ0v) is 17.9. The van der Waals surface area contributed by atoms with Gasteiger partial charge in [-0.05, 0) is 12.1 Å². The van der Waals surface area contributed by atoms with Crippen LogP contribution in [0, 0.1) is 0 Å². The van der Waals surface area contributed by atoms with Crippen molar-refractivity contribution in [2.75, 3.05) is 26.2 Å². The second-order valence-corrected chi connectivity index (χ2v) is 7.63. The van der Waals surface area contributed by atoms with E-state index in [1.54, 1.807) is 23.1 Å². The Morgan fingerprint density at radius 2 is 1.69 bits per heavy atom. The highest BCUT2D eigenvalue weighted by molar-refractivity contribution is 6.07. The van der Waals surface area contributed by atoms with Crippen LogP contribution in [0.4, 0.5) is 13.2 Å². The number of aromatic nitrogens is 1. The minimum Gasteiger partial charge on any atom is -0.507 e. The van der Waals surface area contributed by atoms with Gasteiger partial charge in [-0.3, -0.25) is 9.59 Å². The summed E-state index contributed by atoms with van der Waals surface area (Å²) in [6.45, 7) is 2.48. The minimum absolute atomic E-state index is 0.0782. The van der Waals surface area contributed by atoms with Gasteiger partial charge in [0.05, 0.1) is 0 Å². The smallest absolute Gasteiger partial charge is 0.490 e. The average molecular weight is 489 g/mol. The first-order valence-electron chi connectivity index (χ1n) is 10.4. The molecule has 3 aliphatic rings. The Kier molecular flexibility index (Phi) is 6.31. The Morgan fingerprint density at radius 3 is 2.31 bits per heavy atom. The molecule has 0 unspecified atom stereocenters. The van der Waals surface area contributed by atoms with Crippen molar-refractivity contribution < 1.29 is 37.4 Å². The molecule has 0 saturated carbocycles. The molecule has 2 aliphatic heterocycles. The zero-order valence-electron chi connectivity index (χ0n) is 17.9. The van der Waals surface area contributed by atoms with E-state index in [0.29, 0.717) is 48.2 Å². The number of benzene rings is 3. The summed E-state index contributed by atoms with van der Waals surface area (Å²) in [5.41, 5.74) is 1.09. The van der Waals surface area contributed by atoms with Gasteiger partial charge in [0.15, 0.2) is 16.8 Å². The molecule has 2 aromatic rings. The van der Waals surface area contributed by atoms with Crippen LogP contribution in [0.2, 0.25) is 0 Å². The molecule has 0 atom stereocenters. The van der Waals surface area contributed by atoms with E-state index in [-0.39, 0.29) is 34.0 Å². The van der Waals surface area contributed by atoms with Crippen LogP contribution >= 0.6 is 0 Å². The first kappa shape index (κ1) is 24.0. The van der Waals surface area contributed by atoms with Gasteiger partial charge in [-0.2, -0.15) is 13.2 Å². The van der Waals surface area contributed by atoms with Gasteiger partial charge in [0.1, 0.15) is 22.5 Å². The van der Waals surface area contributed by atoms with E-state index < -0.39 is 12.1 Å². The second kappa shape index (κ2) is 9.22. The third-order valence-electron chi connectivity index (χ3n) is 5.36. The van der Waals surface area contributed by atoms with Crippen LogP contribution in [0.25, 0.3) is 33.3 Å². The Labute approximate surface area is 194 Å². The van der Waals surface area contributed by atoms with Crippen LogP contribution in [0.1, 0.15) is 10.4 Å². The van der Waals surface area contributed by atoms with Gasteiger partial charge in [-0.25, -0.2) is 9.78 Å². The van der Waals surface area contributed by atoms with Crippen LogP contribution in [0.5, 0.6) is 5.75 Å². The largest absolute Gasteiger partial charge is 0.507 e. The first-order chi connectivity index (χ1) is 16.6. The van der Waals surface area contributed by atoms with Crippen molar-refractivity contribution >= 4 is 33.7 Å². The lowest BCUT2D eigenvalue weighted by Gasteiger charge is -2.27. The van der Waals surface area contributed by atoms with E-state index in [4.69, 9.17) is 14.3 Å². The number of carbonyl (C=O) groups excluding carboxylic acids is 1. The number of nitrogens with one attached hydrogen (secondary N) is 1. The van der Waals surface area contributed by atoms with Crippen molar-refractivity contribution in [1.82, 2.24) is 15.2 Å². The fourth-order valence-corrected chi connectivity index (χ4v) is 3.71. The van der Waals surface area contributed by atoms with E-state index >= 15 is 0 Å². The number of phenolic OH excluding ortho intramolecular Hbond substituents is 1. The number of amides is 1. The molecular formula is C23H18F3N3O6. The van der Waals surface area contributed by atoms with Crippen LogP contribution in [0.15, 0.2) is 51.7 Å². The Hall–Kier alpha value is -4.19. The summed E-state index contributed by atoms with van der Waals surface area (Å²) in [4.78, 5) is 40.7. The molecule has 35 heavy (non-hydrogen) atoms. The fraction of sp³-hybridized carbons (Fsp3) is 0.217. The maximum Gasteiger partial charge on any atom is 0.490 e. The minimum atomic E-state index is -5.08. The van der Waals surface area contributed by atoms with Crippen LogP contribution in [-0.4, -0.2) is 64.3 Å². The molecular weight excluding hydrogens is 471 g/mol. The van der Waals surface area contributed by atoms with Crippen molar-refractivity contribution in [3.8, 4) is 17.2 Å². The Morgan fingerprint density at radius 1 is 1.06 bits per heavy atom. The predicted octanol–water partition coefficient (Wildman–Crippen LogP) is 2.83. The monoisotopic (exact) mass is 489 g/mol. The van der Waals surface area contributed by atoms with Crippen molar-refractivity contribution in [3.05, 3.63) is 58.3 Å². The summed E-state index contributed by atoms with van der Waals surface area (Å²) in [7, 11) is 0. The van der Waals surface area contributed by atoms with Gasteiger partial charge in [-0.15, -0.1) is 0 Å². The van der Waals surface area contributed by atoms with Crippen molar-refractivity contribution in [2.45, 2.75) is 6.18 Å². The first-order valence-corrected chi connectivity index (χ1v) is 10.4. The number of carboxylic acid groups (broad SMARTS) is 1. The summed E-state index contributed by atoms with van der Waals surface area (Å²) >= 11 is 0. The Bertz CT molecular complexity index is 1460. The predicted molar refractivity (Wildman–Crippen MR) is 119 cm³/mol. The molecule has 182 valence electrons. The number of nitrogens with zero attached hydrogens (tertiary/aromatic N) is 2. The van der Waals surface area contributed by atoms with Gasteiger partial charge < -0.3 is 24.8 Å². The summed E-state index contributed by atoms with van der Waals surface area (Å²) in [5.74, 6) is -2.94. The van der Waals surface area contributed by atoms with Gasteiger partial charge in [0, 0.05) is 43.0 Å². The number of hydrogen-bond donors (Lipinski definition) is 3. The number of aliphatic carboxylic acids is 1. The third kappa shape index (κ3) is 4.73. The second-order valence-electron chi connectivity index (χ2n) is 7.63. The van der Waals surface area contributed by atoms with Gasteiger partial charge in [-0.1, -0.05) is 24.3 Å².